The van der Waals surface area contributed by atoms with Crippen molar-refractivity contribution in [1.29, 1.82) is 5.26 Å². The van der Waals surface area contributed by atoms with E-state index in [0.29, 0.717) is 24.0 Å². The van der Waals surface area contributed by atoms with Crippen molar-refractivity contribution in [2.24, 2.45) is 5.92 Å². The molecule has 3 rings (SSSR count). The molecule has 0 N–H and O–H groups in total. The van der Waals surface area contributed by atoms with E-state index in [4.69, 9.17) is 5.26 Å². The first-order valence-corrected chi connectivity index (χ1v) is 10.1. The van der Waals surface area contributed by atoms with Gasteiger partial charge in [-0.2, -0.15) is 14.0 Å². The molecule has 0 heterocycles. The molecule has 2 nitrogen and oxygen atoms in total. The molecule has 0 saturated heterocycles. The molecule has 30 heavy (non-hydrogen) atoms. The van der Waals surface area contributed by atoms with Gasteiger partial charge >= 0.3 is 6.11 Å². The Labute approximate surface area is 173 Å². The van der Waals surface area contributed by atoms with Crippen LogP contribution >= 0.6 is 0 Å². The van der Waals surface area contributed by atoms with Gasteiger partial charge in [0.2, 0.25) is 0 Å². The lowest BCUT2D eigenvalue weighted by Crippen LogP contribution is -2.22. The Kier molecular flexibility index (Phi) is 6.81. The minimum Gasteiger partial charge on any atom is -0.429 e. The second-order valence-electron chi connectivity index (χ2n) is 7.56. The summed E-state index contributed by atoms with van der Waals surface area (Å²) in [5, 5.41) is 8.66. The highest BCUT2D eigenvalue weighted by Crippen LogP contribution is 2.38. The Morgan fingerprint density at radius 2 is 1.67 bits per heavy atom. The number of hydrogen-bond donors (Lipinski definition) is 0. The molecule has 0 unspecified atom stereocenters. The highest BCUT2D eigenvalue weighted by atomic mass is 19.3. The van der Waals surface area contributed by atoms with E-state index in [1.54, 1.807) is 12.1 Å². The monoisotopic (exact) mass is 417 g/mol. The lowest BCUT2D eigenvalue weighted by molar-refractivity contribution is -0.185. The van der Waals surface area contributed by atoms with Crippen LogP contribution < -0.4 is 4.74 Å². The topological polar surface area (TPSA) is 33.0 Å². The van der Waals surface area contributed by atoms with E-state index in [0.717, 1.165) is 37.7 Å². The second-order valence-corrected chi connectivity index (χ2v) is 7.56. The number of benzene rings is 2. The second kappa shape index (κ2) is 9.34. The Balaban J connectivity index is 1.68. The molecular formula is C24H23F4NO. The fourth-order valence-corrected chi connectivity index (χ4v) is 3.85. The van der Waals surface area contributed by atoms with Gasteiger partial charge in [-0.25, -0.2) is 8.78 Å². The Hall–Kier alpha value is -2.81. The molecule has 1 fully saturated rings. The Bertz CT molecular complexity index is 916. The highest BCUT2D eigenvalue weighted by molar-refractivity contribution is 5.38. The molecule has 0 aliphatic heterocycles. The third kappa shape index (κ3) is 5.02. The van der Waals surface area contributed by atoms with Gasteiger partial charge < -0.3 is 4.74 Å². The fraction of sp³-hybridized carbons (Fsp3) is 0.375. The quantitative estimate of drug-likeness (QED) is 0.368. The molecule has 1 saturated carbocycles. The third-order valence-corrected chi connectivity index (χ3v) is 5.51. The maximum atomic E-state index is 14.5. The van der Waals surface area contributed by atoms with Crippen LogP contribution in [0.4, 0.5) is 17.6 Å². The summed E-state index contributed by atoms with van der Waals surface area (Å²) in [5.74, 6) is -2.25. The van der Waals surface area contributed by atoms with E-state index >= 15 is 0 Å². The summed E-state index contributed by atoms with van der Waals surface area (Å²) in [4.78, 5) is 0. The average molecular weight is 417 g/mol. The summed E-state index contributed by atoms with van der Waals surface area (Å²) in [5.41, 5.74) is -0.242. The molecule has 0 spiro atoms. The first-order chi connectivity index (χ1) is 14.3. The molecule has 158 valence electrons. The third-order valence-electron chi connectivity index (χ3n) is 5.51. The van der Waals surface area contributed by atoms with Gasteiger partial charge in [0, 0.05) is 12.1 Å². The number of hydrogen-bond acceptors (Lipinski definition) is 2. The summed E-state index contributed by atoms with van der Waals surface area (Å²) in [7, 11) is 0. The van der Waals surface area contributed by atoms with E-state index in [1.165, 1.54) is 18.2 Å². The van der Waals surface area contributed by atoms with Crippen molar-refractivity contribution in [2.45, 2.75) is 51.1 Å². The molecule has 0 aromatic heterocycles. The molecule has 0 radical (unpaired) electrons. The van der Waals surface area contributed by atoms with Crippen LogP contribution in [-0.2, 0) is 6.11 Å². The number of rotatable bonds is 6. The highest BCUT2D eigenvalue weighted by Gasteiger charge is 2.35. The Morgan fingerprint density at radius 3 is 2.20 bits per heavy atom. The van der Waals surface area contributed by atoms with Gasteiger partial charge in [-0.05, 0) is 61.6 Å². The zero-order chi connectivity index (χ0) is 21.7. The molecule has 1 aliphatic carbocycles. The number of ether oxygens (including phenoxy) is 1. The van der Waals surface area contributed by atoms with Gasteiger partial charge in [0.15, 0.2) is 0 Å². The first kappa shape index (κ1) is 21.9. The van der Waals surface area contributed by atoms with E-state index in [-0.39, 0.29) is 0 Å². The van der Waals surface area contributed by atoms with Crippen molar-refractivity contribution in [2.75, 3.05) is 0 Å². The van der Waals surface area contributed by atoms with Crippen molar-refractivity contribution in [3.8, 4) is 11.8 Å². The van der Waals surface area contributed by atoms with E-state index in [1.807, 2.05) is 0 Å². The number of halogens is 4. The average Bonchev–Trinajstić information content (AvgIpc) is 2.72. The minimum absolute atomic E-state index is 0.335. The van der Waals surface area contributed by atoms with Gasteiger partial charge in [0.25, 0.3) is 0 Å². The Morgan fingerprint density at radius 1 is 1.07 bits per heavy atom. The van der Waals surface area contributed by atoms with Crippen LogP contribution in [0.25, 0.3) is 0 Å². The standard InChI is InChI=1S/C24H23F4NO/c1-2-3-4-16-5-7-17(8-6-16)18-9-11-19(12-10-18)24(27,28)30-20-13-22(25)21(15-29)23(26)14-20/h3-4,9-14,16-17H,2,5-8H2,1H3. The van der Waals surface area contributed by atoms with Crippen LogP contribution in [0.1, 0.15) is 61.6 Å². The largest absolute Gasteiger partial charge is 0.429 e. The van der Waals surface area contributed by atoms with E-state index in [2.05, 4.69) is 23.8 Å². The van der Waals surface area contributed by atoms with Gasteiger partial charge in [0.05, 0.1) is 5.56 Å². The van der Waals surface area contributed by atoms with Crippen LogP contribution in [0.15, 0.2) is 48.6 Å². The van der Waals surface area contributed by atoms with Gasteiger partial charge in [-0.15, -0.1) is 0 Å². The number of alkyl halides is 2. The van der Waals surface area contributed by atoms with Gasteiger partial charge in [-0.3, -0.25) is 0 Å². The van der Waals surface area contributed by atoms with Crippen molar-refractivity contribution >= 4 is 0 Å². The van der Waals surface area contributed by atoms with Gasteiger partial charge in [-0.1, -0.05) is 31.2 Å². The molecule has 6 heteroatoms. The smallest absolute Gasteiger partial charge is 0.426 e. The number of nitriles is 1. The molecule has 2 aromatic carbocycles. The van der Waals surface area contributed by atoms with Crippen LogP contribution in [0, 0.1) is 28.9 Å². The van der Waals surface area contributed by atoms with E-state index < -0.39 is 34.6 Å². The lowest BCUT2D eigenvalue weighted by atomic mass is 9.78. The first-order valence-electron chi connectivity index (χ1n) is 10.1. The normalized spacial score (nSPS) is 19.6. The minimum atomic E-state index is -3.77. The van der Waals surface area contributed by atoms with Crippen molar-refractivity contribution < 1.29 is 22.3 Å². The van der Waals surface area contributed by atoms with Crippen molar-refractivity contribution in [1.82, 2.24) is 0 Å². The van der Waals surface area contributed by atoms with Crippen LogP contribution in [0.5, 0.6) is 5.75 Å². The fourth-order valence-electron chi connectivity index (χ4n) is 3.85. The SMILES string of the molecule is CCC=CC1CCC(c2ccc(C(F)(F)Oc3cc(F)c(C#N)c(F)c3)cc2)CC1. The molecule has 1 aliphatic rings. The predicted octanol–water partition coefficient (Wildman–Crippen LogP) is 7.20. The van der Waals surface area contributed by atoms with E-state index in [9.17, 15) is 17.6 Å². The summed E-state index contributed by atoms with van der Waals surface area (Å²) in [6.07, 6.45) is 5.90. The van der Waals surface area contributed by atoms with Crippen LogP contribution in [-0.4, -0.2) is 0 Å². The molecule has 0 atom stereocenters. The number of nitrogens with zero attached hydrogens (tertiary/aromatic N) is 1. The van der Waals surface area contributed by atoms with Crippen LogP contribution in [0.2, 0.25) is 0 Å². The van der Waals surface area contributed by atoms with Crippen LogP contribution in [0.3, 0.4) is 0 Å². The molecule has 2 aromatic rings. The molecule has 0 amide bonds. The zero-order valence-electron chi connectivity index (χ0n) is 16.7. The zero-order valence-corrected chi connectivity index (χ0v) is 16.7. The summed E-state index contributed by atoms with van der Waals surface area (Å²) in [6.45, 7) is 2.11. The molecular weight excluding hydrogens is 394 g/mol. The molecule has 0 bridgehead atoms. The van der Waals surface area contributed by atoms with Gasteiger partial charge in [0.1, 0.15) is 29.0 Å². The maximum Gasteiger partial charge on any atom is 0.426 e. The predicted molar refractivity (Wildman–Crippen MR) is 106 cm³/mol. The lowest BCUT2D eigenvalue weighted by Gasteiger charge is -2.27. The van der Waals surface area contributed by atoms with Crippen molar-refractivity contribution in [3.05, 3.63) is 76.9 Å². The van der Waals surface area contributed by atoms with Crippen molar-refractivity contribution in [3.63, 3.8) is 0 Å². The summed E-state index contributed by atoms with van der Waals surface area (Å²) < 4.78 is 60.8. The number of allylic oxidation sites excluding steroid dienone is 2. The summed E-state index contributed by atoms with van der Waals surface area (Å²) >= 11 is 0. The maximum absolute atomic E-state index is 14.5. The summed E-state index contributed by atoms with van der Waals surface area (Å²) in [6, 6.07) is 8.40.